The number of esters is 1. The summed E-state index contributed by atoms with van der Waals surface area (Å²) in [4.78, 5) is 11.9. The van der Waals surface area contributed by atoms with Crippen LogP contribution in [-0.4, -0.2) is 27.3 Å². The van der Waals surface area contributed by atoms with Gasteiger partial charge in [0.2, 0.25) is 0 Å². The molecular formula is C14H15NO4S. The van der Waals surface area contributed by atoms with Crippen LogP contribution in [0.4, 0.5) is 5.00 Å². The van der Waals surface area contributed by atoms with Crippen molar-refractivity contribution in [1.29, 1.82) is 0 Å². The zero-order valence-corrected chi connectivity index (χ0v) is 12.2. The molecule has 0 saturated heterocycles. The third-order valence-electron chi connectivity index (χ3n) is 2.91. The van der Waals surface area contributed by atoms with Gasteiger partial charge in [0.25, 0.3) is 0 Å². The lowest BCUT2D eigenvalue weighted by atomic mass is 10.0. The fourth-order valence-electron chi connectivity index (χ4n) is 1.91. The van der Waals surface area contributed by atoms with E-state index in [0.717, 1.165) is 5.56 Å². The van der Waals surface area contributed by atoms with Crippen LogP contribution in [0.1, 0.15) is 10.4 Å². The predicted molar refractivity (Wildman–Crippen MR) is 78.6 cm³/mol. The first-order valence-electron chi connectivity index (χ1n) is 5.80. The lowest BCUT2D eigenvalue weighted by Gasteiger charge is -2.11. The molecule has 1 heterocycles. The summed E-state index contributed by atoms with van der Waals surface area (Å²) in [6, 6.07) is 5.37. The molecular weight excluding hydrogens is 278 g/mol. The van der Waals surface area contributed by atoms with E-state index in [2.05, 4.69) is 0 Å². The van der Waals surface area contributed by atoms with Crippen molar-refractivity contribution in [3.8, 4) is 22.6 Å². The molecule has 2 rings (SSSR count). The summed E-state index contributed by atoms with van der Waals surface area (Å²) in [6.45, 7) is 0. The minimum absolute atomic E-state index is 0.351. The van der Waals surface area contributed by atoms with E-state index in [0.29, 0.717) is 27.6 Å². The van der Waals surface area contributed by atoms with E-state index in [1.54, 1.807) is 37.8 Å². The highest BCUT2D eigenvalue weighted by Gasteiger charge is 2.21. The lowest BCUT2D eigenvalue weighted by molar-refractivity contribution is 0.0603. The molecule has 0 amide bonds. The van der Waals surface area contributed by atoms with Gasteiger partial charge in [-0.1, -0.05) is 0 Å². The number of nitrogens with two attached hydrogens (primary N) is 1. The number of methoxy groups -OCH3 is 3. The van der Waals surface area contributed by atoms with Crippen molar-refractivity contribution in [3.05, 3.63) is 29.1 Å². The average molecular weight is 293 g/mol. The number of carbonyl (C=O) groups is 1. The van der Waals surface area contributed by atoms with Crippen molar-refractivity contribution < 1.29 is 19.0 Å². The minimum Gasteiger partial charge on any atom is -0.497 e. The Morgan fingerprint density at radius 2 is 1.90 bits per heavy atom. The first kappa shape index (κ1) is 14.2. The minimum atomic E-state index is -0.469. The number of thiophene rings is 1. The first-order valence-corrected chi connectivity index (χ1v) is 6.68. The Hall–Kier alpha value is -2.21. The van der Waals surface area contributed by atoms with Gasteiger partial charge in [0, 0.05) is 16.5 Å². The number of benzene rings is 1. The van der Waals surface area contributed by atoms with Crippen LogP contribution in [-0.2, 0) is 4.74 Å². The molecule has 0 spiro atoms. The third kappa shape index (κ3) is 2.42. The molecule has 0 aliphatic rings. The second-order valence-electron chi connectivity index (χ2n) is 3.95. The normalized spacial score (nSPS) is 10.2. The Morgan fingerprint density at radius 3 is 2.50 bits per heavy atom. The zero-order valence-electron chi connectivity index (χ0n) is 11.4. The summed E-state index contributed by atoms with van der Waals surface area (Å²) in [5.74, 6) is 0.832. The Balaban J connectivity index is 2.64. The van der Waals surface area contributed by atoms with Crippen molar-refractivity contribution >= 4 is 22.3 Å². The standard InChI is InChI=1S/C14H15NO4S/c1-17-8-4-5-11(18-2)9(6-8)10-7-20-13(15)12(10)14(16)19-3/h4-7H,15H2,1-3H3. The van der Waals surface area contributed by atoms with E-state index in [4.69, 9.17) is 19.9 Å². The molecule has 1 aromatic carbocycles. The molecule has 6 heteroatoms. The maximum atomic E-state index is 11.9. The van der Waals surface area contributed by atoms with Crippen LogP contribution >= 0.6 is 11.3 Å². The molecule has 0 aliphatic carbocycles. The summed E-state index contributed by atoms with van der Waals surface area (Å²) in [7, 11) is 4.47. The maximum absolute atomic E-state index is 11.9. The largest absolute Gasteiger partial charge is 0.497 e. The van der Waals surface area contributed by atoms with Gasteiger partial charge in [-0.25, -0.2) is 4.79 Å². The van der Waals surface area contributed by atoms with E-state index in [1.807, 2.05) is 0 Å². The Bertz CT molecular complexity index is 636. The summed E-state index contributed by atoms with van der Waals surface area (Å²) in [6.07, 6.45) is 0. The predicted octanol–water partition coefficient (Wildman–Crippen LogP) is 2.80. The van der Waals surface area contributed by atoms with Gasteiger partial charge in [-0.3, -0.25) is 0 Å². The number of ether oxygens (including phenoxy) is 3. The fourth-order valence-corrected chi connectivity index (χ4v) is 2.71. The summed E-state index contributed by atoms with van der Waals surface area (Å²) in [5, 5.41) is 2.22. The number of carbonyl (C=O) groups excluding carboxylic acids is 1. The van der Waals surface area contributed by atoms with Crippen molar-refractivity contribution in [3.63, 3.8) is 0 Å². The van der Waals surface area contributed by atoms with Gasteiger partial charge in [-0.2, -0.15) is 0 Å². The van der Waals surface area contributed by atoms with Crippen molar-refractivity contribution in [2.24, 2.45) is 0 Å². The molecule has 0 aliphatic heterocycles. The highest BCUT2D eigenvalue weighted by molar-refractivity contribution is 7.15. The van der Waals surface area contributed by atoms with Crippen molar-refractivity contribution in [1.82, 2.24) is 0 Å². The van der Waals surface area contributed by atoms with Crippen LogP contribution in [0.25, 0.3) is 11.1 Å². The monoisotopic (exact) mass is 293 g/mol. The van der Waals surface area contributed by atoms with Crippen LogP contribution in [0.5, 0.6) is 11.5 Å². The van der Waals surface area contributed by atoms with Gasteiger partial charge < -0.3 is 19.9 Å². The second-order valence-corrected chi connectivity index (χ2v) is 4.86. The highest BCUT2D eigenvalue weighted by Crippen LogP contribution is 2.40. The highest BCUT2D eigenvalue weighted by atomic mass is 32.1. The smallest absolute Gasteiger partial charge is 0.341 e. The van der Waals surface area contributed by atoms with E-state index < -0.39 is 5.97 Å². The number of hydrogen-bond donors (Lipinski definition) is 1. The van der Waals surface area contributed by atoms with Gasteiger partial charge in [-0.05, 0) is 18.2 Å². The third-order valence-corrected chi connectivity index (χ3v) is 3.72. The summed E-state index contributed by atoms with van der Waals surface area (Å²) >= 11 is 1.28. The Morgan fingerprint density at radius 1 is 1.15 bits per heavy atom. The van der Waals surface area contributed by atoms with E-state index >= 15 is 0 Å². The molecule has 0 bridgehead atoms. The van der Waals surface area contributed by atoms with Crippen LogP contribution in [0.3, 0.4) is 0 Å². The van der Waals surface area contributed by atoms with Gasteiger partial charge in [-0.15, -0.1) is 11.3 Å². The molecule has 1 aromatic heterocycles. The number of nitrogen functional groups attached to an aromatic ring is 1. The van der Waals surface area contributed by atoms with Crippen molar-refractivity contribution in [2.45, 2.75) is 0 Å². The molecule has 2 aromatic rings. The Labute approximate surface area is 120 Å². The molecule has 0 radical (unpaired) electrons. The molecule has 2 N–H and O–H groups in total. The zero-order chi connectivity index (χ0) is 14.7. The molecule has 0 saturated carbocycles. The summed E-state index contributed by atoms with van der Waals surface area (Å²) < 4.78 is 15.3. The second kappa shape index (κ2) is 5.83. The lowest BCUT2D eigenvalue weighted by Crippen LogP contribution is -2.04. The fraction of sp³-hybridized carbons (Fsp3) is 0.214. The van der Waals surface area contributed by atoms with Crippen LogP contribution in [0.15, 0.2) is 23.6 Å². The van der Waals surface area contributed by atoms with Crippen LogP contribution in [0, 0.1) is 0 Å². The number of rotatable bonds is 4. The van der Waals surface area contributed by atoms with Gasteiger partial charge in [0.05, 0.1) is 21.3 Å². The average Bonchev–Trinajstić information content (AvgIpc) is 2.87. The maximum Gasteiger partial charge on any atom is 0.341 e. The van der Waals surface area contributed by atoms with E-state index in [1.165, 1.54) is 18.4 Å². The molecule has 0 fully saturated rings. The molecule has 20 heavy (non-hydrogen) atoms. The quantitative estimate of drug-likeness (QED) is 0.878. The molecule has 0 unspecified atom stereocenters. The van der Waals surface area contributed by atoms with Crippen LogP contribution in [0.2, 0.25) is 0 Å². The van der Waals surface area contributed by atoms with Crippen molar-refractivity contribution in [2.75, 3.05) is 27.1 Å². The molecule has 0 atom stereocenters. The van der Waals surface area contributed by atoms with Crippen LogP contribution < -0.4 is 15.2 Å². The first-order chi connectivity index (χ1) is 9.62. The van der Waals surface area contributed by atoms with E-state index in [9.17, 15) is 4.79 Å². The number of hydrogen-bond acceptors (Lipinski definition) is 6. The molecule has 5 nitrogen and oxygen atoms in total. The van der Waals surface area contributed by atoms with E-state index in [-0.39, 0.29) is 0 Å². The Kier molecular flexibility index (Phi) is 4.14. The van der Waals surface area contributed by atoms with Gasteiger partial charge in [0.1, 0.15) is 22.1 Å². The number of anilines is 1. The van der Waals surface area contributed by atoms with Gasteiger partial charge in [0.15, 0.2) is 0 Å². The topological polar surface area (TPSA) is 70.8 Å². The van der Waals surface area contributed by atoms with Gasteiger partial charge >= 0.3 is 5.97 Å². The molecule has 106 valence electrons. The SMILES string of the molecule is COC(=O)c1c(-c2cc(OC)ccc2OC)csc1N. The summed E-state index contributed by atoms with van der Waals surface area (Å²) in [5.41, 5.74) is 7.63.